The summed E-state index contributed by atoms with van der Waals surface area (Å²) in [6.45, 7) is 10.3. The lowest BCUT2D eigenvalue weighted by atomic mass is 10.0. The molecule has 0 spiro atoms. The minimum Gasteiger partial charge on any atom is -0.376 e. The highest BCUT2D eigenvalue weighted by molar-refractivity contribution is 5.25. The van der Waals surface area contributed by atoms with Crippen molar-refractivity contribution in [2.75, 3.05) is 13.6 Å². The number of hydrogen-bond donors (Lipinski definition) is 0. The Kier molecular flexibility index (Phi) is 3.20. The van der Waals surface area contributed by atoms with E-state index in [9.17, 15) is 0 Å². The Morgan fingerprint density at radius 2 is 2.18 bits per heavy atom. The third-order valence-corrected chi connectivity index (χ3v) is 4.26. The summed E-state index contributed by atoms with van der Waals surface area (Å²) in [6, 6.07) is 0. The second-order valence-corrected chi connectivity index (χ2v) is 6.48. The fourth-order valence-electron chi connectivity index (χ4n) is 3.03. The van der Waals surface area contributed by atoms with E-state index in [2.05, 4.69) is 64.1 Å². The highest BCUT2D eigenvalue weighted by Crippen LogP contribution is 2.61. The molecule has 0 radical (unpaired) electrons. The summed E-state index contributed by atoms with van der Waals surface area (Å²) in [5.41, 5.74) is 3.54. The molecule has 1 fully saturated rings. The maximum absolute atomic E-state index is 2.47. The van der Waals surface area contributed by atoms with Crippen molar-refractivity contribution in [2.24, 2.45) is 17.3 Å². The van der Waals surface area contributed by atoms with Crippen LogP contribution in [0.5, 0.6) is 0 Å². The highest BCUT2D eigenvalue weighted by atomic mass is 15.1. The van der Waals surface area contributed by atoms with Crippen molar-refractivity contribution in [3.8, 4) is 0 Å². The molecule has 0 unspecified atom stereocenters. The van der Waals surface area contributed by atoms with Crippen molar-refractivity contribution in [1.82, 2.24) is 4.90 Å². The fourth-order valence-corrected chi connectivity index (χ4v) is 3.03. The van der Waals surface area contributed by atoms with E-state index in [1.54, 1.807) is 5.57 Å². The van der Waals surface area contributed by atoms with Crippen LogP contribution in [0.3, 0.4) is 0 Å². The molecule has 1 nitrogen and oxygen atoms in total. The Morgan fingerprint density at radius 3 is 2.76 bits per heavy atom. The van der Waals surface area contributed by atoms with Gasteiger partial charge in [0.25, 0.3) is 0 Å². The Morgan fingerprint density at radius 1 is 1.47 bits per heavy atom. The van der Waals surface area contributed by atoms with Crippen molar-refractivity contribution in [1.29, 1.82) is 0 Å². The van der Waals surface area contributed by atoms with Crippen LogP contribution < -0.4 is 0 Å². The minimum atomic E-state index is 0.498. The van der Waals surface area contributed by atoms with Gasteiger partial charge < -0.3 is 4.90 Å². The minimum absolute atomic E-state index is 0.498. The van der Waals surface area contributed by atoms with Gasteiger partial charge in [0, 0.05) is 13.6 Å². The zero-order valence-corrected chi connectivity index (χ0v) is 11.8. The lowest BCUT2D eigenvalue weighted by Crippen LogP contribution is -2.17. The molecule has 1 saturated carbocycles. The predicted molar refractivity (Wildman–Crippen MR) is 74.7 cm³/mol. The molecular weight excluding hydrogens is 206 g/mol. The number of rotatable bonds is 3. The molecule has 0 amide bonds. The van der Waals surface area contributed by atoms with Crippen LogP contribution in [-0.2, 0) is 0 Å². The summed E-state index contributed by atoms with van der Waals surface area (Å²) in [5, 5.41) is 0. The fraction of sp³-hybridized carbons (Fsp3) is 0.625. The van der Waals surface area contributed by atoms with E-state index < -0.39 is 0 Å². The smallest absolute Gasteiger partial charge is 0.0383 e. The van der Waals surface area contributed by atoms with Gasteiger partial charge in [-0.05, 0) is 49.8 Å². The molecule has 0 N–H and O–H groups in total. The molecule has 0 aromatic carbocycles. The molecule has 0 aromatic heterocycles. The average molecular weight is 231 g/mol. The molecule has 1 aliphatic carbocycles. The van der Waals surface area contributed by atoms with Crippen LogP contribution in [0.1, 0.15) is 34.1 Å². The molecular formula is C16H25N. The monoisotopic (exact) mass is 231 g/mol. The van der Waals surface area contributed by atoms with E-state index in [1.807, 2.05) is 0 Å². The summed E-state index contributed by atoms with van der Waals surface area (Å²) in [5.74, 6) is 1.62. The Hall–Kier alpha value is -0.980. The quantitative estimate of drug-likeness (QED) is 0.664. The molecule has 0 aromatic rings. The summed E-state index contributed by atoms with van der Waals surface area (Å²) in [4.78, 5) is 2.26. The summed E-state index contributed by atoms with van der Waals surface area (Å²) >= 11 is 0. The number of allylic oxidation sites excluding steroid dienone is 4. The lowest BCUT2D eigenvalue weighted by molar-refractivity contribution is 0.467. The van der Waals surface area contributed by atoms with Crippen LogP contribution >= 0.6 is 0 Å². The van der Waals surface area contributed by atoms with Gasteiger partial charge in [0.05, 0.1) is 0 Å². The third kappa shape index (κ3) is 2.65. The van der Waals surface area contributed by atoms with Crippen LogP contribution in [0.15, 0.2) is 35.6 Å². The molecule has 0 bridgehead atoms. The Labute approximate surface area is 106 Å². The molecule has 1 aliphatic heterocycles. The van der Waals surface area contributed by atoms with E-state index in [0.29, 0.717) is 5.41 Å². The molecule has 17 heavy (non-hydrogen) atoms. The second-order valence-electron chi connectivity index (χ2n) is 6.48. The lowest BCUT2D eigenvalue weighted by Gasteiger charge is -2.20. The summed E-state index contributed by atoms with van der Waals surface area (Å²) < 4.78 is 0. The van der Waals surface area contributed by atoms with Gasteiger partial charge in [0.2, 0.25) is 0 Å². The van der Waals surface area contributed by atoms with Gasteiger partial charge in [0.15, 0.2) is 0 Å². The van der Waals surface area contributed by atoms with E-state index in [-0.39, 0.29) is 0 Å². The molecule has 2 aliphatic rings. The molecule has 2 rings (SSSR count). The Bertz CT molecular complexity index is 380. The normalized spacial score (nSPS) is 29.9. The van der Waals surface area contributed by atoms with Crippen molar-refractivity contribution in [3.63, 3.8) is 0 Å². The average Bonchev–Trinajstić information content (AvgIpc) is 2.68. The van der Waals surface area contributed by atoms with Gasteiger partial charge in [-0.1, -0.05) is 37.1 Å². The van der Waals surface area contributed by atoms with Crippen LogP contribution in [-0.4, -0.2) is 18.5 Å². The third-order valence-electron chi connectivity index (χ3n) is 4.26. The largest absolute Gasteiger partial charge is 0.376 e. The van der Waals surface area contributed by atoms with Gasteiger partial charge in [-0.25, -0.2) is 0 Å². The van der Waals surface area contributed by atoms with E-state index in [1.165, 1.54) is 12.0 Å². The standard InChI is InChI=1S/C16H25N/c1-12(2)9-14-15(16(14,3)4)10-13-7-6-8-17(5)11-13/h6-9,14-15H,10-11H2,1-5H3/t14-,15+/m0/s1. The van der Waals surface area contributed by atoms with Crippen LogP contribution in [0.2, 0.25) is 0 Å². The van der Waals surface area contributed by atoms with E-state index in [4.69, 9.17) is 0 Å². The molecule has 2 atom stereocenters. The van der Waals surface area contributed by atoms with Crippen LogP contribution in [0.4, 0.5) is 0 Å². The first-order valence-electron chi connectivity index (χ1n) is 6.63. The number of nitrogens with zero attached hydrogens (tertiary/aromatic N) is 1. The molecule has 0 saturated heterocycles. The molecule has 94 valence electrons. The van der Waals surface area contributed by atoms with Gasteiger partial charge in [-0.15, -0.1) is 0 Å². The highest BCUT2D eigenvalue weighted by Gasteiger charge is 2.55. The molecule has 1 heterocycles. The first kappa shape index (κ1) is 12.5. The van der Waals surface area contributed by atoms with E-state index in [0.717, 1.165) is 18.4 Å². The van der Waals surface area contributed by atoms with Crippen molar-refractivity contribution < 1.29 is 0 Å². The van der Waals surface area contributed by atoms with Gasteiger partial charge >= 0.3 is 0 Å². The summed E-state index contributed by atoms with van der Waals surface area (Å²) in [6.07, 6.45) is 10.3. The number of hydrogen-bond acceptors (Lipinski definition) is 1. The zero-order valence-electron chi connectivity index (χ0n) is 11.8. The Balaban J connectivity index is 1.99. The van der Waals surface area contributed by atoms with Crippen molar-refractivity contribution in [2.45, 2.75) is 34.1 Å². The maximum atomic E-state index is 2.47. The first-order chi connectivity index (χ1) is 7.91. The molecule has 1 heteroatoms. The topological polar surface area (TPSA) is 3.24 Å². The van der Waals surface area contributed by atoms with Gasteiger partial charge in [-0.2, -0.15) is 0 Å². The first-order valence-corrected chi connectivity index (χ1v) is 6.63. The second kappa shape index (κ2) is 4.36. The summed E-state index contributed by atoms with van der Waals surface area (Å²) in [7, 11) is 2.15. The van der Waals surface area contributed by atoms with Gasteiger partial charge in [0.1, 0.15) is 0 Å². The van der Waals surface area contributed by atoms with Crippen LogP contribution in [0, 0.1) is 17.3 Å². The zero-order chi connectivity index (χ0) is 12.6. The van der Waals surface area contributed by atoms with Crippen LogP contribution in [0.25, 0.3) is 0 Å². The van der Waals surface area contributed by atoms with Crippen molar-refractivity contribution in [3.05, 3.63) is 35.6 Å². The predicted octanol–water partition coefficient (Wildman–Crippen LogP) is 4.00. The number of likely N-dealkylation sites (N-methyl/N-ethyl adjacent to an activating group) is 1. The SMILES string of the molecule is CC(C)=C[C@H]1[C@@H](CC2=CC=CN(C)C2)C1(C)C. The maximum Gasteiger partial charge on any atom is 0.0383 e. The van der Waals surface area contributed by atoms with Gasteiger partial charge in [-0.3, -0.25) is 0 Å². The van der Waals surface area contributed by atoms with E-state index >= 15 is 0 Å². The van der Waals surface area contributed by atoms with Crippen molar-refractivity contribution >= 4 is 0 Å².